The maximum atomic E-state index is 12.8. The number of hydrogen-bond acceptors (Lipinski definition) is 3. The molecule has 1 fully saturated rings. The Morgan fingerprint density at radius 1 is 1.29 bits per heavy atom. The Morgan fingerprint density at radius 2 is 1.95 bits per heavy atom. The average Bonchev–Trinajstić information content (AvgIpc) is 2.73. The standard InChI is InChI=1S/C16H26N2O2S/c1-12-6-7-13(15(2,3)4)10-14(12)21(19,20)18-16(5)8-9-17-11-16/h6-7,10,17-18H,8-9,11H2,1-5H3. The van der Waals surface area contributed by atoms with Gasteiger partial charge in [-0.05, 0) is 49.4 Å². The molecule has 1 heterocycles. The van der Waals surface area contributed by atoms with Crippen LogP contribution in [0.3, 0.4) is 0 Å². The van der Waals surface area contributed by atoms with Gasteiger partial charge in [-0.15, -0.1) is 0 Å². The van der Waals surface area contributed by atoms with Crippen LogP contribution in [0, 0.1) is 6.92 Å². The van der Waals surface area contributed by atoms with Gasteiger partial charge in [-0.2, -0.15) is 0 Å². The van der Waals surface area contributed by atoms with Crippen LogP contribution in [0.5, 0.6) is 0 Å². The molecular formula is C16H26N2O2S. The summed E-state index contributed by atoms with van der Waals surface area (Å²) in [4.78, 5) is 0.392. The van der Waals surface area contributed by atoms with Crippen LogP contribution < -0.4 is 10.0 Å². The smallest absolute Gasteiger partial charge is 0.241 e. The lowest BCUT2D eigenvalue weighted by atomic mass is 9.87. The monoisotopic (exact) mass is 310 g/mol. The molecule has 0 spiro atoms. The molecule has 0 bridgehead atoms. The van der Waals surface area contributed by atoms with E-state index < -0.39 is 15.6 Å². The molecule has 0 aliphatic carbocycles. The molecule has 1 aromatic carbocycles. The molecule has 2 rings (SSSR count). The zero-order valence-corrected chi connectivity index (χ0v) is 14.4. The van der Waals surface area contributed by atoms with Gasteiger partial charge in [0.15, 0.2) is 0 Å². The zero-order chi connectivity index (χ0) is 15.9. The predicted molar refractivity (Wildman–Crippen MR) is 86.1 cm³/mol. The van der Waals surface area contributed by atoms with Gasteiger partial charge in [0.05, 0.1) is 4.90 Å². The van der Waals surface area contributed by atoms with Crippen LogP contribution in [0.15, 0.2) is 23.1 Å². The average molecular weight is 310 g/mol. The normalized spacial score (nSPS) is 23.5. The molecule has 0 radical (unpaired) electrons. The van der Waals surface area contributed by atoms with Crippen molar-refractivity contribution in [2.75, 3.05) is 13.1 Å². The maximum absolute atomic E-state index is 12.8. The van der Waals surface area contributed by atoms with Gasteiger partial charge in [0, 0.05) is 12.1 Å². The Balaban J connectivity index is 2.40. The quantitative estimate of drug-likeness (QED) is 0.901. The minimum atomic E-state index is -3.51. The molecule has 21 heavy (non-hydrogen) atoms. The third-order valence-electron chi connectivity index (χ3n) is 4.09. The highest BCUT2D eigenvalue weighted by molar-refractivity contribution is 7.89. The van der Waals surface area contributed by atoms with Crippen molar-refractivity contribution in [1.82, 2.24) is 10.0 Å². The lowest BCUT2D eigenvalue weighted by Crippen LogP contribution is -2.47. The van der Waals surface area contributed by atoms with E-state index in [9.17, 15) is 8.42 Å². The summed E-state index contributed by atoms with van der Waals surface area (Å²) < 4.78 is 28.4. The van der Waals surface area contributed by atoms with Crippen LogP contribution in [0.1, 0.15) is 45.2 Å². The van der Waals surface area contributed by atoms with Gasteiger partial charge in [-0.1, -0.05) is 32.9 Å². The number of sulfonamides is 1. The molecule has 1 aliphatic heterocycles. The fourth-order valence-corrected chi connectivity index (χ4v) is 4.35. The first-order valence-corrected chi connectivity index (χ1v) is 8.88. The van der Waals surface area contributed by atoms with E-state index in [1.165, 1.54) is 0 Å². The first-order chi connectivity index (χ1) is 9.54. The van der Waals surface area contributed by atoms with E-state index in [1.807, 2.05) is 32.0 Å². The summed E-state index contributed by atoms with van der Waals surface area (Å²) in [5.41, 5.74) is 1.34. The molecule has 1 aromatic rings. The molecular weight excluding hydrogens is 284 g/mol. The summed E-state index contributed by atoms with van der Waals surface area (Å²) in [6.45, 7) is 11.6. The Morgan fingerprint density at radius 3 is 2.48 bits per heavy atom. The van der Waals surface area contributed by atoms with Crippen molar-refractivity contribution in [3.05, 3.63) is 29.3 Å². The van der Waals surface area contributed by atoms with E-state index in [2.05, 4.69) is 30.8 Å². The summed E-state index contributed by atoms with van der Waals surface area (Å²) in [5, 5.41) is 3.21. The maximum Gasteiger partial charge on any atom is 0.241 e. The fraction of sp³-hybridized carbons (Fsp3) is 0.625. The third kappa shape index (κ3) is 3.65. The molecule has 118 valence electrons. The molecule has 0 amide bonds. The van der Waals surface area contributed by atoms with Crippen molar-refractivity contribution in [1.29, 1.82) is 0 Å². The van der Waals surface area contributed by atoms with Gasteiger partial charge >= 0.3 is 0 Å². The van der Waals surface area contributed by atoms with Crippen LogP contribution in [0.4, 0.5) is 0 Å². The van der Waals surface area contributed by atoms with Crippen LogP contribution in [-0.2, 0) is 15.4 Å². The summed E-state index contributed by atoms with van der Waals surface area (Å²) in [6.07, 6.45) is 0.810. The highest BCUT2D eigenvalue weighted by Crippen LogP contribution is 2.27. The van der Waals surface area contributed by atoms with Crippen molar-refractivity contribution in [3.63, 3.8) is 0 Å². The second kappa shape index (κ2) is 5.38. The van der Waals surface area contributed by atoms with E-state index >= 15 is 0 Å². The van der Waals surface area contributed by atoms with E-state index in [-0.39, 0.29) is 5.41 Å². The van der Waals surface area contributed by atoms with Crippen molar-refractivity contribution in [2.24, 2.45) is 0 Å². The zero-order valence-electron chi connectivity index (χ0n) is 13.6. The third-order valence-corrected chi connectivity index (χ3v) is 5.87. The van der Waals surface area contributed by atoms with E-state index in [0.717, 1.165) is 24.1 Å². The first kappa shape index (κ1) is 16.5. The Bertz CT molecular complexity index is 624. The molecule has 2 N–H and O–H groups in total. The number of benzene rings is 1. The van der Waals surface area contributed by atoms with Crippen molar-refractivity contribution >= 4 is 10.0 Å². The second-order valence-electron chi connectivity index (χ2n) is 7.32. The molecule has 4 nitrogen and oxygen atoms in total. The Labute approximate surface area is 128 Å². The summed E-state index contributed by atoms with van der Waals surface area (Å²) in [7, 11) is -3.51. The highest BCUT2D eigenvalue weighted by Gasteiger charge is 2.34. The number of aryl methyl sites for hydroxylation is 1. The largest absolute Gasteiger partial charge is 0.315 e. The minimum absolute atomic E-state index is 0.0726. The number of rotatable bonds is 3. The van der Waals surface area contributed by atoms with Gasteiger partial charge in [-0.3, -0.25) is 0 Å². The van der Waals surface area contributed by atoms with Gasteiger partial charge in [0.2, 0.25) is 10.0 Å². The SMILES string of the molecule is Cc1ccc(C(C)(C)C)cc1S(=O)(=O)NC1(C)CCNC1. The van der Waals surface area contributed by atoms with E-state index in [1.54, 1.807) is 0 Å². The van der Waals surface area contributed by atoms with E-state index in [4.69, 9.17) is 0 Å². The van der Waals surface area contributed by atoms with Crippen LogP contribution in [0.25, 0.3) is 0 Å². The van der Waals surface area contributed by atoms with Crippen molar-refractivity contribution in [2.45, 2.75) is 56.9 Å². The number of hydrogen-bond donors (Lipinski definition) is 2. The first-order valence-electron chi connectivity index (χ1n) is 7.39. The lowest BCUT2D eigenvalue weighted by Gasteiger charge is -2.26. The lowest BCUT2D eigenvalue weighted by molar-refractivity contribution is 0.451. The molecule has 1 unspecified atom stereocenters. The van der Waals surface area contributed by atoms with E-state index in [0.29, 0.717) is 11.4 Å². The molecule has 5 heteroatoms. The molecule has 1 aliphatic rings. The molecule has 0 aromatic heterocycles. The van der Waals surface area contributed by atoms with Gasteiger partial charge in [0.1, 0.15) is 0 Å². The summed E-state index contributed by atoms with van der Waals surface area (Å²) in [5.74, 6) is 0. The molecule has 0 saturated carbocycles. The van der Waals surface area contributed by atoms with Gasteiger partial charge < -0.3 is 5.32 Å². The summed E-state index contributed by atoms with van der Waals surface area (Å²) in [6, 6.07) is 5.71. The van der Waals surface area contributed by atoms with Gasteiger partial charge in [-0.25, -0.2) is 13.1 Å². The second-order valence-corrected chi connectivity index (χ2v) is 8.97. The van der Waals surface area contributed by atoms with Crippen molar-refractivity contribution < 1.29 is 8.42 Å². The minimum Gasteiger partial charge on any atom is -0.315 e. The van der Waals surface area contributed by atoms with Gasteiger partial charge in [0.25, 0.3) is 0 Å². The molecule has 1 saturated heterocycles. The van der Waals surface area contributed by atoms with Crippen LogP contribution >= 0.6 is 0 Å². The van der Waals surface area contributed by atoms with Crippen molar-refractivity contribution in [3.8, 4) is 0 Å². The Hall–Kier alpha value is -0.910. The van der Waals surface area contributed by atoms with Crippen LogP contribution in [0.2, 0.25) is 0 Å². The van der Waals surface area contributed by atoms with Crippen LogP contribution in [-0.4, -0.2) is 27.0 Å². The topological polar surface area (TPSA) is 58.2 Å². The predicted octanol–water partition coefficient (Wildman–Crippen LogP) is 2.32. The molecule has 1 atom stereocenters. The number of nitrogens with one attached hydrogen (secondary N) is 2. The highest BCUT2D eigenvalue weighted by atomic mass is 32.2. The fourth-order valence-electron chi connectivity index (χ4n) is 2.64. The Kier molecular flexibility index (Phi) is 4.21. The summed E-state index contributed by atoms with van der Waals surface area (Å²) >= 11 is 0.